The predicted octanol–water partition coefficient (Wildman–Crippen LogP) is -0.0240. The Morgan fingerprint density at radius 2 is 2.36 bits per heavy atom. The molecule has 14 heavy (non-hydrogen) atoms. The second kappa shape index (κ2) is 4.11. The third kappa shape index (κ3) is 2.24. The summed E-state index contributed by atoms with van der Waals surface area (Å²) in [6.45, 7) is 1.64. The van der Waals surface area contributed by atoms with Crippen LogP contribution < -0.4 is 11.2 Å². The second-order valence-corrected chi connectivity index (χ2v) is 3.35. The zero-order valence-corrected chi connectivity index (χ0v) is 8.21. The van der Waals surface area contributed by atoms with Crippen LogP contribution in [0.1, 0.15) is 5.56 Å². The normalized spacial score (nSPS) is 12.1. The van der Waals surface area contributed by atoms with E-state index in [1.807, 2.05) is 0 Å². The van der Waals surface area contributed by atoms with Crippen molar-refractivity contribution in [2.45, 2.75) is 18.8 Å². The molecule has 74 valence electrons. The summed E-state index contributed by atoms with van der Waals surface area (Å²) >= 11 is 5.55. The lowest BCUT2D eigenvalue weighted by molar-refractivity contribution is 0.658. The maximum atomic E-state index is 11.2. The molecule has 0 bridgehead atoms. The minimum absolute atomic E-state index is 0.0640. The average molecular weight is 214 g/mol. The quantitative estimate of drug-likeness (QED) is 0.701. The van der Waals surface area contributed by atoms with Crippen LogP contribution in [-0.2, 0) is 6.54 Å². The van der Waals surface area contributed by atoms with Gasteiger partial charge in [0, 0.05) is 11.8 Å². The number of hydrogen-bond acceptors (Lipinski definition) is 3. The van der Waals surface area contributed by atoms with Crippen molar-refractivity contribution in [1.29, 1.82) is 5.26 Å². The zero-order chi connectivity index (χ0) is 10.7. The molecule has 0 fully saturated rings. The van der Waals surface area contributed by atoms with Gasteiger partial charge in [0.25, 0.3) is 5.56 Å². The summed E-state index contributed by atoms with van der Waals surface area (Å²) in [5.74, 6) is 0. The van der Waals surface area contributed by atoms with Crippen LogP contribution in [-0.4, -0.2) is 14.9 Å². The number of hydrogen-bond donors (Lipinski definition) is 1. The van der Waals surface area contributed by atoms with Gasteiger partial charge in [0.1, 0.15) is 5.38 Å². The van der Waals surface area contributed by atoms with Gasteiger partial charge in [0.15, 0.2) is 0 Å². The third-order valence-corrected chi connectivity index (χ3v) is 1.92. The van der Waals surface area contributed by atoms with Gasteiger partial charge in [-0.05, 0) is 6.92 Å². The molecule has 0 aromatic carbocycles. The lowest BCUT2D eigenvalue weighted by Crippen LogP contribution is -2.32. The van der Waals surface area contributed by atoms with Crippen LogP contribution in [0.5, 0.6) is 0 Å². The fourth-order valence-corrected chi connectivity index (χ4v) is 1.12. The maximum Gasteiger partial charge on any atom is 0.328 e. The van der Waals surface area contributed by atoms with E-state index in [9.17, 15) is 9.59 Å². The molecule has 0 aliphatic rings. The Hall–Kier alpha value is -1.54. The Morgan fingerprint density at radius 3 is 2.93 bits per heavy atom. The number of H-pyrrole nitrogens is 1. The van der Waals surface area contributed by atoms with Crippen molar-refractivity contribution in [2.24, 2.45) is 0 Å². The molecule has 1 unspecified atom stereocenters. The van der Waals surface area contributed by atoms with Gasteiger partial charge < -0.3 is 0 Å². The molecule has 1 atom stereocenters. The molecule has 0 spiro atoms. The number of aryl methyl sites for hydroxylation is 1. The number of aromatic nitrogens is 2. The van der Waals surface area contributed by atoms with Gasteiger partial charge in [-0.2, -0.15) is 5.26 Å². The van der Waals surface area contributed by atoms with Crippen molar-refractivity contribution in [3.63, 3.8) is 0 Å². The SMILES string of the molecule is Cc1cn(CC(Cl)C#N)c(=O)[nH]c1=O. The first-order chi connectivity index (χ1) is 6.54. The number of rotatable bonds is 2. The van der Waals surface area contributed by atoms with E-state index in [1.165, 1.54) is 10.8 Å². The highest BCUT2D eigenvalue weighted by Crippen LogP contribution is 1.96. The summed E-state index contributed by atoms with van der Waals surface area (Å²) in [5, 5.41) is 7.66. The van der Waals surface area contributed by atoms with Crippen molar-refractivity contribution in [1.82, 2.24) is 9.55 Å². The molecule has 0 aliphatic carbocycles. The highest BCUT2D eigenvalue weighted by Gasteiger charge is 2.06. The third-order valence-electron chi connectivity index (χ3n) is 1.69. The number of aromatic amines is 1. The molecule has 0 radical (unpaired) electrons. The summed E-state index contributed by atoms with van der Waals surface area (Å²) < 4.78 is 1.21. The van der Waals surface area contributed by atoms with Gasteiger partial charge in [-0.1, -0.05) is 0 Å². The van der Waals surface area contributed by atoms with Crippen molar-refractivity contribution in [2.75, 3.05) is 0 Å². The molecule has 1 aromatic heterocycles. The standard InChI is InChI=1S/C8H8ClN3O2/c1-5-3-12(4-6(9)2-10)8(14)11-7(5)13/h3,6H,4H2,1H3,(H,11,13,14). The number of nitrogens with one attached hydrogen (secondary N) is 1. The van der Waals surface area contributed by atoms with Gasteiger partial charge in [-0.3, -0.25) is 14.3 Å². The Bertz CT molecular complexity index is 483. The molecule has 1 aromatic rings. The molecule has 0 saturated heterocycles. The maximum absolute atomic E-state index is 11.2. The predicted molar refractivity (Wildman–Crippen MR) is 51.3 cm³/mol. The van der Waals surface area contributed by atoms with Crippen molar-refractivity contribution < 1.29 is 0 Å². The summed E-state index contributed by atoms with van der Waals surface area (Å²) in [6, 6.07) is 1.79. The van der Waals surface area contributed by atoms with E-state index in [4.69, 9.17) is 16.9 Å². The monoisotopic (exact) mass is 213 g/mol. The second-order valence-electron chi connectivity index (χ2n) is 2.82. The van der Waals surface area contributed by atoms with Crippen molar-refractivity contribution in [3.8, 4) is 6.07 Å². The topological polar surface area (TPSA) is 78.7 Å². The van der Waals surface area contributed by atoms with Crippen LogP contribution in [0.15, 0.2) is 15.8 Å². The van der Waals surface area contributed by atoms with Gasteiger partial charge in [0.2, 0.25) is 0 Å². The average Bonchev–Trinajstić information content (AvgIpc) is 2.14. The van der Waals surface area contributed by atoms with E-state index >= 15 is 0 Å². The Kier molecular flexibility index (Phi) is 3.10. The van der Waals surface area contributed by atoms with E-state index in [1.54, 1.807) is 13.0 Å². The smallest absolute Gasteiger partial charge is 0.298 e. The van der Waals surface area contributed by atoms with Crippen LogP contribution in [0.2, 0.25) is 0 Å². The molecular formula is C8H8ClN3O2. The van der Waals surface area contributed by atoms with Crippen molar-refractivity contribution in [3.05, 3.63) is 32.6 Å². The first-order valence-electron chi connectivity index (χ1n) is 3.88. The summed E-state index contributed by atoms with van der Waals surface area (Å²) in [4.78, 5) is 24.3. The van der Waals surface area contributed by atoms with Crippen molar-refractivity contribution >= 4 is 11.6 Å². The van der Waals surface area contributed by atoms with Crippen LogP contribution in [0.3, 0.4) is 0 Å². The Morgan fingerprint density at radius 1 is 1.71 bits per heavy atom. The van der Waals surface area contributed by atoms with Gasteiger partial charge >= 0.3 is 5.69 Å². The van der Waals surface area contributed by atoms with Crippen LogP contribution in [0, 0.1) is 18.3 Å². The molecule has 1 N–H and O–H groups in total. The first-order valence-corrected chi connectivity index (χ1v) is 4.32. The van der Waals surface area contributed by atoms with E-state index < -0.39 is 16.6 Å². The molecular weight excluding hydrogens is 206 g/mol. The number of nitrogens with zero attached hydrogens (tertiary/aromatic N) is 2. The fraction of sp³-hybridized carbons (Fsp3) is 0.375. The van der Waals surface area contributed by atoms with Gasteiger partial charge in [-0.15, -0.1) is 11.6 Å². The molecule has 0 aliphatic heterocycles. The lowest BCUT2D eigenvalue weighted by Gasteiger charge is -2.04. The molecule has 0 amide bonds. The molecule has 6 heteroatoms. The molecule has 1 heterocycles. The highest BCUT2D eigenvalue weighted by molar-refractivity contribution is 6.22. The van der Waals surface area contributed by atoms with Crippen LogP contribution in [0.4, 0.5) is 0 Å². The highest BCUT2D eigenvalue weighted by atomic mass is 35.5. The lowest BCUT2D eigenvalue weighted by atomic mass is 10.3. The van der Waals surface area contributed by atoms with E-state index in [0.29, 0.717) is 5.56 Å². The molecule has 0 saturated carbocycles. The van der Waals surface area contributed by atoms with E-state index in [2.05, 4.69) is 4.98 Å². The fourth-order valence-electron chi connectivity index (χ4n) is 0.968. The number of alkyl halides is 1. The number of halogens is 1. The zero-order valence-electron chi connectivity index (χ0n) is 7.45. The van der Waals surface area contributed by atoms with Crippen LogP contribution in [0.25, 0.3) is 0 Å². The number of nitriles is 1. The first kappa shape index (κ1) is 10.5. The minimum atomic E-state index is -0.780. The molecule has 1 rings (SSSR count). The minimum Gasteiger partial charge on any atom is -0.298 e. The van der Waals surface area contributed by atoms with Gasteiger partial charge in [0.05, 0.1) is 12.6 Å². The summed E-state index contributed by atoms with van der Waals surface area (Å²) in [6.07, 6.45) is 1.38. The van der Waals surface area contributed by atoms with E-state index in [0.717, 1.165) is 0 Å². The summed E-state index contributed by atoms with van der Waals surface area (Å²) in [7, 11) is 0. The Balaban J connectivity index is 3.12. The summed E-state index contributed by atoms with van der Waals surface area (Å²) in [5.41, 5.74) is -0.567. The van der Waals surface area contributed by atoms with Gasteiger partial charge in [-0.25, -0.2) is 4.79 Å². The van der Waals surface area contributed by atoms with E-state index in [-0.39, 0.29) is 6.54 Å². The van der Waals surface area contributed by atoms with Crippen LogP contribution >= 0.6 is 11.6 Å². The molecule has 5 nitrogen and oxygen atoms in total. The largest absolute Gasteiger partial charge is 0.328 e. The Labute approximate surface area is 84.6 Å².